The quantitative estimate of drug-likeness (QED) is 0.108. The number of nitrogens with two attached hydrogens (primary N) is 1. The Labute approximate surface area is 491 Å². The Kier molecular flexibility index (Phi) is 41.2. The van der Waals surface area contributed by atoms with Crippen LogP contribution in [0.2, 0.25) is 0 Å². The summed E-state index contributed by atoms with van der Waals surface area (Å²) in [4.78, 5) is 3.98. The van der Waals surface area contributed by atoms with Crippen LogP contribution in [-0.4, -0.2) is 6.54 Å². The molecule has 0 heterocycles. The summed E-state index contributed by atoms with van der Waals surface area (Å²) < 4.78 is 48.9. The van der Waals surface area contributed by atoms with Crippen LogP contribution in [0, 0.1) is 0 Å². The molecule has 0 spiro atoms. The molecule has 7 aromatic rings. The Bertz CT molecular complexity index is 2390. The van der Waals surface area contributed by atoms with Crippen LogP contribution >= 0.6 is 55.1 Å². The molecule has 0 fully saturated rings. The van der Waals surface area contributed by atoms with Crippen LogP contribution in [0.5, 0.6) is 0 Å². The average molecular weight is 1230 g/mol. The van der Waals surface area contributed by atoms with E-state index in [0.717, 1.165) is 65.5 Å². The van der Waals surface area contributed by atoms with Crippen LogP contribution in [0.3, 0.4) is 0 Å². The molecule has 0 atom stereocenters. The number of hydrogen-bond acceptors (Lipinski definition) is 1. The van der Waals surface area contributed by atoms with E-state index in [1.807, 2.05) is 151 Å². The van der Waals surface area contributed by atoms with E-state index in [-0.39, 0.29) is 5.57 Å². The van der Waals surface area contributed by atoms with Gasteiger partial charge in [0, 0.05) is 23.2 Å². The standard InChI is InChI=1S/2C10H11Br.C10H11Cl.C10H10F2.2C10H11F.C9H10ClN/c3*1-2-9(8-11)10-6-4-3-5-7-10;1-2-9(10(11)12)8-6-4-3-5-7-8;2*1-2-9(8-11)10-6-4-3-5-7-10;10-6-9(7-11)8-4-2-1-3-5-8/h3*3-8H,2H2,1H3;3-7H,2H2,1H3;2*3-8H,2H2,1H3;1-6H,7,11H2/b9-8+;2*9-8-;;9-8+;9-8-;9-6+. The first kappa shape index (κ1) is 70.0. The van der Waals surface area contributed by atoms with E-state index < -0.39 is 6.08 Å². The van der Waals surface area contributed by atoms with Crippen LogP contribution in [0.4, 0.5) is 17.6 Å². The van der Waals surface area contributed by atoms with Gasteiger partial charge in [-0.15, -0.1) is 0 Å². The fourth-order valence-electron chi connectivity index (χ4n) is 6.95. The molecule has 0 unspecified atom stereocenters. The third-order valence-corrected chi connectivity index (χ3v) is 13.1. The number of halogens is 8. The lowest BCUT2D eigenvalue weighted by molar-refractivity contribution is 0.423. The maximum Gasteiger partial charge on any atom is 0.274 e. The summed E-state index contributed by atoms with van der Waals surface area (Å²) in [6, 6.07) is 68.7. The molecule has 0 aliphatic carbocycles. The van der Waals surface area contributed by atoms with Crippen molar-refractivity contribution in [1.82, 2.24) is 0 Å². The second-order valence-electron chi connectivity index (χ2n) is 16.4. The van der Waals surface area contributed by atoms with Crippen molar-refractivity contribution < 1.29 is 17.6 Å². The van der Waals surface area contributed by atoms with Crippen molar-refractivity contribution in [2.75, 3.05) is 6.54 Å². The number of rotatable bonds is 14. The fraction of sp³-hybridized carbons (Fsp3) is 0.188. The highest BCUT2D eigenvalue weighted by Crippen LogP contribution is 2.24. The van der Waals surface area contributed by atoms with E-state index in [9.17, 15) is 17.6 Å². The minimum atomic E-state index is -1.58. The molecule has 0 aliphatic heterocycles. The molecule has 0 saturated heterocycles. The van der Waals surface area contributed by atoms with Gasteiger partial charge in [-0.1, -0.05) is 309 Å². The molecular formula is C69H75Br2Cl2F4N. The average Bonchev–Trinajstić information content (AvgIpc) is 3.50. The van der Waals surface area contributed by atoms with E-state index in [1.54, 1.807) is 36.7 Å². The van der Waals surface area contributed by atoms with Gasteiger partial charge in [0.15, 0.2) is 0 Å². The summed E-state index contributed by atoms with van der Waals surface area (Å²) in [5.74, 6) is 0. The van der Waals surface area contributed by atoms with Crippen molar-refractivity contribution in [1.29, 1.82) is 0 Å². The minimum Gasteiger partial charge on any atom is -0.326 e. The zero-order valence-corrected chi connectivity index (χ0v) is 50.4. The van der Waals surface area contributed by atoms with E-state index in [0.29, 0.717) is 31.2 Å². The fourth-order valence-corrected chi connectivity index (χ4v) is 8.62. The van der Waals surface area contributed by atoms with Crippen molar-refractivity contribution >= 4 is 94.1 Å². The van der Waals surface area contributed by atoms with E-state index >= 15 is 0 Å². The lowest BCUT2D eigenvalue weighted by Crippen LogP contribution is -2.01. The SMILES string of the molecule is CC/C(=C/Br)c1ccccc1.CC/C(=C/Cl)c1ccccc1.CC/C(=C/F)c1ccccc1.CC/C(=C\Br)c1ccccc1.CC/C(=C\F)c1ccccc1.CCC(=C(F)F)c1ccccc1.NC/C(=C\Cl)c1ccccc1. The second kappa shape index (κ2) is 45.9. The Morgan fingerprint density at radius 2 is 0.564 bits per heavy atom. The summed E-state index contributed by atoms with van der Waals surface area (Å²) in [6.07, 6.45) is 4.72. The van der Waals surface area contributed by atoms with Gasteiger partial charge < -0.3 is 5.73 Å². The monoisotopic (exact) mass is 1220 g/mol. The molecule has 78 heavy (non-hydrogen) atoms. The highest BCUT2D eigenvalue weighted by Gasteiger charge is 2.05. The summed E-state index contributed by atoms with van der Waals surface area (Å²) in [7, 11) is 0. The van der Waals surface area contributed by atoms with Crippen molar-refractivity contribution in [2.45, 2.75) is 80.1 Å². The van der Waals surface area contributed by atoms with E-state index in [2.05, 4.69) is 113 Å². The van der Waals surface area contributed by atoms with Crippen LogP contribution < -0.4 is 5.73 Å². The Morgan fingerprint density at radius 1 is 0.346 bits per heavy atom. The Morgan fingerprint density at radius 3 is 0.744 bits per heavy atom. The Hall–Kier alpha value is -6.06. The van der Waals surface area contributed by atoms with Crippen LogP contribution in [0.1, 0.15) is 119 Å². The molecule has 0 aliphatic rings. The van der Waals surface area contributed by atoms with Gasteiger partial charge in [-0.25, -0.2) is 8.78 Å². The molecule has 0 bridgehead atoms. The first-order valence-electron chi connectivity index (χ1n) is 25.9. The lowest BCUT2D eigenvalue weighted by Gasteiger charge is -2.01. The highest BCUT2D eigenvalue weighted by molar-refractivity contribution is 9.11. The van der Waals surface area contributed by atoms with Crippen molar-refractivity contribution in [2.24, 2.45) is 5.73 Å². The van der Waals surface area contributed by atoms with Crippen molar-refractivity contribution in [3.63, 3.8) is 0 Å². The highest BCUT2D eigenvalue weighted by atomic mass is 79.9. The molecule has 0 aromatic heterocycles. The summed E-state index contributed by atoms with van der Waals surface area (Å²) >= 11 is 17.9. The smallest absolute Gasteiger partial charge is 0.274 e. The predicted molar refractivity (Wildman–Crippen MR) is 345 cm³/mol. The van der Waals surface area contributed by atoms with Crippen LogP contribution in [-0.2, 0) is 0 Å². The van der Waals surface area contributed by atoms with E-state index in [1.165, 1.54) is 38.9 Å². The number of hydrogen-bond donors (Lipinski definition) is 1. The first-order valence-corrected chi connectivity index (χ1v) is 28.6. The molecule has 7 aromatic carbocycles. The first-order chi connectivity index (χ1) is 38.0. The molecule has 7 rings (SSSR count). The minimum absolute atomic E-state index is 0.135. The second-order valence-corrected chi connectivity index (χ2v) is 17.8. The molecular weight excluding hydrogens is 1150 g/mol. The van der Waals surface area contributed by atoms with Gasteiger partial charge in [0.2, 0.25) is 0 Å². The molecule has 0 saturated carbocycles. The topological polar surface area (TPSA) is 26.0 Å². The zero-order valence-electron chi connectivity index (χ0n) is 45.7. The predicted octanol–water partition coefficient (Wildman–Crippen LogP) is 24.1. The Balaban J connectivity index is 0.000000455. The van der Waals surface area contributed by atoms with Gasteiger partial charge in [0.1, 0.15) is 0 Å². The number of allylic oxidation sites excluding steroid dienone is 6. The van der Waals surface area contributed by atoms with Gasteiger partial charge in [-0.2, -0.15) is 8.78 Å². The summed E-state index contributed by atoms with van der Waals surface area (Å²) in [5, 5.41) is 0. The third kappa shape index (κ3) is 28.5. The largest absolute Gasteiger partial charge is 0.326 e. The zero-order chi connectivity index (χ0) is 57.6. The van der Waals surface area contributed by atoms with E-state index in [4.69, 9.17) is 28.9 Å². The molecule has 0 amide bonds. The van der Waals surface area contributed by atoms with Gasteiger partial charge in [0.05, 0.1) is 12.7 Å². The molecule has 2 N–H and O–H groups in total. The van der Waals surface area contributed by atoms with Crippen molar-refractivity contribution in [3.05, 3.63) is 291 Å². The van der Waals surface area contributed by atoms with Gasteiger partial charge in [-0.05, 0) is 121 Å². The van der Waals surface area contributed by atoms with Gasteiger partial charge in [0.25, 0.3) is 6.08 Å². The summed E-state index contributed by atoms with van der Waals surface area (Å²) in [5.41, 5.74) is 22.6. The third-order valence-electron chi connectivity index (χ3n) is 11.5. The molecule has 9 heteroatoms. The molecule has 0 radical (unpaired) electrons. The lowest BCUT2D eigenvalue weighted by atomic mass is 10.1. The number of benzene rings is 7. The summed E-state index contributed by atoms with van der Waals surface area (Å²) in [6.45, 7) is 12.5. The van der Waals surface area contributed by atoms with Crippen molar-refractivity contribution in [3.8, 4) is 0 Å². The van der Waals surface area contributed by atoms with Crippen LogP contribution in [0.15, 0.2) is 252 Å². The molecule has 412 valence electrons. The molecule has 1 nitrogen and oxygen atoms in total. The maximum absolute atomic E-state index is 12.3. The normalized spacial score (nSPS) is 11.3. The van der Waals surface area contributed by atoms with Gasteiger partial charge in [-0.3, -0.25) is 0 Å². The van der Waals surface area contributed by atoms with Crippen LogP contribution in [0.25, 0.3) is 39.0 Å². The van der Waals surface area contributed by atoms with Gasteiger partial charge >= 0.3 is 0 Å². The maximum atomic E-state index is 12.3.